The van der Waals surface area contributed by atoms with Gasteiger partial charge in [0.2, 0.25) is 0 Å². The van der Waals surface area contributed by atoms with E-state index in [0.717, 1.165) is 19.3 Å². The molecule has 0 rings (SSSR count). The average Bonchev–Trinajstić information content (AvgIpc) is 2.03. The van der Waals surface area contributed by atoms with Gasteiger partial charge in [0.25, 0.3) is 0 Å². The third kappa shape index (κ3) is 5.27. The Bertz CT molecular complexity index is 130. The quantitative estimate of drug-likeness (QED) is 0.671. The predicted molar refractivity (Wildman–Crippen MR) is 55.6 cm³/mol. The zero-order valence-electron chi connectivity index (χ0n) is 9.38. The first-order chi connectivity index (χ1) is 5.90. The van der Waals surface area contributed by atoms with E-state index in [4.69, 9.17) is 5.11 Å². The Morgan fingerprint density at radius 2 is 1.69 bits per heavy atom. The third-order valence-corrected chi connectivity index (χ3v) is 2.57. The predicted octanol–water partition coefficient (Wildman–Crippen LogP) is 2.19. The Labute approximate surface area is 82.0 Å². The molecule has 80 valence electrons. The van der Waals surface area contributed by atoms with Crippen LogP contribution in [-0.2, 0) is 0 Å². The summed E-state index contributed by atoms with van der Waals surface area (Å²) < 4.78 is 0. The van der Waals surface area contributed by atoms with Gasteiger partial charge in [0.1, 0.15) is 0 Å². The molecule has 0 saturated heterocycles. The summed E-state index contributed by atoms with van der Waals surface area (Å²) in [4.78, 5) is 0. The standard InChI is InChI=1S/C11H24O2/c1-9(2)6-5-7-10(13)11(3,4)8-12/h9-10,12-13H,5-8H2,1-4H3. The normalized spacial score (nSPS) is 15.0. The van der Waals surface area contributed by atoms with Gasteiger partial charge in [0.15, 0.2) is 0 Å². The first kappa shape index (κ1) is 12.9. The van der Waals surface area contributed by atoms with Crippen molar-refractivity contribution in [2.75, 3.05) is 6.61 Å². The van der Waals surface area contributed by atoms with Crippen molar-refractivity contribution in [2.45, 2.75) is 53.1 Å². The van der Waals surface area contributed by atoms with Crippen molar-refractivity contribution in [3.8, 4) is 0 Å². The molecule has 0 aromatic carbocycles. The summed E-state index contributed by atoms with van der Waals surface area (Å²) in [7, 11) is 0. The van der Waals surface area contributed by atoms with Crippen LogP contribution in [0.5, 0.6) is 0 Å². The Morgan fingerprint density at radius 3 is 2.08 bits per heavy atom. The summed E-state index contributed by atoms with van der Waals surface area (Å²) in [5.41, 5.74) is -0.350. The highest BCUT2D eigenvalue weighted by atomic mass is 16.3. The molecule has 0 spiro atoms. The van der Waals surface area contributed by atoms with Crippen molar-refractivity contribution >= 4 is 0 Å². The van der Waals surface area contributed by atoms with E-state index >= 15 is 0 Å². The lowest BCUT2D eigenvalue weighted by Crippen LogP contribution is -2.32. The maximum atomic E-state index is 9.73. The zero-order valence-corrected chi connectivity index (χ0v) is 9.38. The van der Waals surface area contributed by atoms with Crippen LogP contribution in [-0.4, -0.2) is 22.9 Å². The van der Waals surface area contributed by atoms with E-state index in [1.54, 1.807) is 0 Å². The highest BCUT2D eigenvalue weighted by Crippen LogP contribution is 2.24. The van der Waals surface area contributed by atoms with Gasteiger partial charge in [-0.15, -0.1) is 0 Å². The van der Waals surface area contributed by atoms with Crippen LogP contribution in [0.15, 0.2) is 0 Å². The van der Waals surface area contributed by atoms with Crippen LogP contribution in [0.1, 0.15) is 47.0 Å². The largest absolute Gasteiger partial charge is 0.396 e. The molecule has 13 heavy (non-hydrogen) atoms. The molecule has 0 radical (unpaired) electrons. The number of aliphatic hydroxyl groups excluding tert-OH is 2. The fourth-order valence-electron chi connectivity index (χ4n) is 1.22. The van der Waals surface area contributed by atoms with Crippen LogP contribution in [0.2, 0.25) is 0 Å². The molecular weight excluding hydrogens is 164 g/mol. The third-order valence-electron chi connectivity index (χ3n) is 2.57. The summed E-state index contributed by atoms with van der Waals surface area (Å²) in [6.45, 7) is 8.21. The second-order valence-corrected chi connectivity index (χ2v) is 4.99. The minimum absolute atomic E-state index is 0.0514. The summed E-state index contributed by atoms with van der Waals surface area (Å²) >= 11 is 0. The van der Waals surface area contributed by atoms with E-state index in [1.807, 2.05) is 13.8 Å². The lowest BCUT2D eigenvalue weighted by Gasteiger charge is -2.28. The number of hydrogen-bond donors (Lipinski definition) is 2. The molecule has 0 aliphatic heterocycles. The molecule has 0 heterocycles. The van der Waals surface area contributed by atoms with Crippen molar-refractivity contribution in [3.63, 3.8) is 0 Å². The van der Waals surface area contributed by atoms with Gasteiger partial charge in [-0.05, 0) is 12.3 Å². The van der Waals surface area contributed by atoms with Gasteiger partial charge in [0.05, 0.1) is 12.7 Å². The molecule has 1 atom stereocenters. The van der Waals surface area contributed by atoms with Gasteiger partial charge >= 0.3 is 0 Å². The van der Waals surface area contributed by atoms with E-state index < -0.39 is 0 Å². The molecule has 0 bridgehead atoms. The molecule has 2 heteroatoms. The van der Waals surface area contributed by atoms with E-state index in [0.29, 0.717) is 5.92 Å². The first-order valence-corrected chi connectivity index (χ1v) is 5.19. The maximum Gasteiger partial charge on any atom is 0.0613 e. The van der Waals surface area contributed by atoms with Crippen molar-refractivity contribution < 1.29 is 10.2 Å². The van der Waals surface area contributed by atoms with E-state index in [2.05, 4.69) is 13.8 Å². The van der Waals surface area contributed by atoms with Crippen molar-refractivity contribution in [1.29, 1.82) is 0 Å². The van der Waals surface area contributed by atoms with Crippen LogP contribution in [0.3, 0.4) is 0 Å². The number of aliphatic hydroxyl groups is 2. The monoisotopic (exact) mass is 188 g/mol. The molecule has 0 saturated carbocycles. The summed E-state index contributed by atoms with van der Waals surface area (Å²) in [6.07, 6.45) is 2.61. The van der Waals surface area contributed by atoms with E-state index in [9.17, 15) is 5.11 Å². The molecule has 0 aliphatic carbocycles. The molecular formula is C11H24O2. The smallest absolute Gasteiger partial charge is 0.0613 e. The van der Waals surface area contributed by atoms with Gasteiger partial charge in [-0.25, -0.2) is 0 Å². The molecule has 0 aromatic rings. The van der Waals surface area contributed by atoms with Crippen LogP contribution in [0.4, 0.5) is 0 Å². The lowest BCUT2D eigenvalue weighted by atomic mass is 9.84. The Balaban J connectivity index is 3.68. The van der Waals surface area contributed by atoms with Crippen LogP contribution >= 0.6 is 0 Å². The molecule has 2 N–H and O–H groups in total. The molecule has 0 fully saturated rings. The minimum Gasteiger partial charge on any atom is -0.396 e. The highest BCUT2D eigenvalue weighted by molar-refractivity contribution is 4.76. The molecule has 0 aromatic heterocycles. The van der Waals surface area contributed by atoms with Gasteiger partial charge in [-0.2, -0.15) is 0 Å². The second-order valence-electron chi connectivity index (χ2n) is 4.99. The van der Waals surface area contributed by atoms with Gasteiger partial charge in [-0.3, -0.25) is 0 Å². The molecule has 1 unspecified atom stereocenters. The highest BCUT2D eigenvalue weighted by Gasteiger charge is 2.26. The van der Waals surface area contributed by atoms with Crippen LogP contribution in [0, 0.1) is 11.3 Å². The molecule has 0 amide bonds. The maximum absolute atomic E-state index is 9.73. The molecule has 2 nitrogen and oxygen atoms in total. The minimum atomic E-state index is -0.378. The summed E-state index contributed by atoms with van der Waals surface area (Å²) in [6, 6.07) is 0. The summed E-state index contributed by atoms with van der Waals surface area (Å²) in [5, 5.41) is 18.7. The van der Waals surface area contributed by atoms with Gasteiger partial charge in [-0.1, -0.05) is 40.5 Å². The van der Waals surface area contributed by atoms with Crippen LogP contribution in [0.25, 0.3) is 0 Å². The van der Waals surface area contributed by atoms with Crippen molar-refractivity contribution in [3.05, 3.63) is 0 Å². The Kier molecular flexibility index (Phi) is 5.57. The van der Waals surface area contributed by atoms with Crippen molar-refractivity contribution in [1.82, 2.24) is 0 Å². The van der Waals surface area contributed by atoms with Crippen LogP contribution < -0.4 is 0 Å². The SMILES string of the molecule is CC(C)CCCC(O)C(C)(C)CO. The van der Waals surface area contributed by atoms with Gasteiger partial charge in [0, 0.05) is 5.41 Å². The fraction of sp³-hybridized carbons (Fsp3) is 1.00. The Hall–Kier alpha value is -0.0800. The van der Waals surface area contributed by atoms with Crippen molar-refractivity contribution in [2.24, 2.45) is 11.3 Å². The Morgan fingerprint density at radius 1 is 1.15 bits per heavy atom. The number of rotatable bonds is 6. The second kappa shape index (κ2) is 5.61. The molecule has 0 aliphatic rings. The van der Waals surface area contributed by atoms with E-state index in [-0.39, 0.29) is 18.1 Å². The fourth-order valence-corrected chi connectivity index (χ4v) is 1.22. The van der Waals surface area contributed by atoms with Gasteiger partial charge < -0.3 is 10.2 Å². The topological polar surface area (TPSA) is 40.5 Å². The lowest BCUT2D eigenvalue weighted by molar-refractivity contribution is 0.00108. The zero-order chi connectivity index (χ0) is 10.5. The summed E-state index contributed by atoms with van der Waals surface area (Å²) in [5.74, 6) is 0.699. The average molecular weight is 188 g/mol. The van der Waals surface area contributed by atoms with E-state index in [1.165, 1.54) is 0 Å². The number of hydrogen-bond acceptors (Lipinski definition) is 2. The first-order valence-electron chi connectivity index (χ1n) is 5.19.